The third-order valence-electron chi connectivity index (χ3n) is 2.99. The van der Waals surface area contributed by atoms with E-state index in [0.717, 1.165) is 13.0 Å². The molecule has 5 atom stereocenters. The summed E-state index contributed by atoms with van der Waals surface area (Å²) < 4.78 is 15.9. The average molecular weight is 249 g/mol. The van der Waals surface area contributed by atoms with E-state index >= 15 is 0 Å². The number of methoxy groups -OCH3 is 2. The Hall–Kier alpha value is -0.240. The predicted molar refractivity (Wildman–Crippen MR) is 61.6 cm³/mol. The lowest BCUT2D eigenvalue weighted by atomic mass is 9.96. The second kappa shape index (κ2) is 7.25. The van der Waals surface area contributed by atoms with Gasteiger partial charge in [0.05, 0.1) is 12.6 Å². The minimum Gasteiger partial charge on any atom is -0.394 e. The first kappa shape index (κ1) is 14.8. The summed E-state index contributed by atoms with van der Waals surface area (Å²) in [5.74, 6) is 0. The summed E-state index contributed by atoms with van der Waals surface area (Å²) in [5, 5.41) is 22.6. The van der Waals surface area contributed by atoms with Crippen LogP contribution in [0, 0.1) is 0 Å². The molecule has 1 aliphatic rings. The lowest BCUT2D eigenvalue weighted by Crippen LogP contribution is -2.64. The summed E-state index contributed by atoms with van der Waals surface area (Å²) >= 11 is 0. The van der Waals surface area contributed by atoms with Crippen LogP contribution in [0.15, 0.2) is 0 Å². The van der Waals surface area contributed by atoms with Crippen LogP contribution in [0.5, 0.6) is 0 Å². The number of aliphatic hydroxyl groups excluding tert-OH is 2. The minimum atomic E-state index is -0.776. The number of rotatable bonds is 6. The highest BCUT2D eigenvalue weighted by molar-refractivity contribution is 4.94. The lowest BCUT2D eigenvalue weighted by molar-refractivity contribution is -0.267. The van der Waals surface area contributed by atoms with Crippen LogP contribution >= 0.6 is 0 Å². The standard InChI is InChI=1S/C11H23NO5/c1-4-5-12-8-9(14)10(15-2)7(6-13)17-11(8)16-3/h7-14H,4-6H2,1-3H3. The van der Waals surface area contributed by atoms with Crippen molar-refractivity contribution in [3.63, 3.8) is 0 Å². The zero-order chi connectivity index (χ0) is 12.8. The molecule has 0 amide bonds. The second-order valence-electron chi connectivity index (χ2n) is 4.13. The van der Waals surface area contributed by atoms with Crippen molar-refractivity contribution < 1.29 is 24.4 Å². The van der Waals surface area contributed by atoms with Crippen LogP contribution < -0.4 is 5.32 Å². The zero-order valence-electron chi connectivity index (χ0n) is 10.6. The van der Waals surface area contributed by atoms with Crippen molar-refractivity contribution >= 4 is 0 Å². The van der Waals surface area contributed by atoms with Gasteiger partial charge in [0.15, 0.2) is 6.29 Å². The quantitative estimate of drug-likeness (QED) is 0.566. The molecule has 1 fully saturated rings. The first-order chi connectivity index (χ1) is 8.19. The highest BCUT2D eigenvalue weighted by Gasteiger charge is 2.45. The molecule has 6 nitrogen and oxygen atoms in total. The van der Waals surface area contributed by atoms with Gasteiger partial charge in [0.25, 0.3) is 0 Å². The van der Waals surface area contributed by atoms with Gasteiger partial charge >= 0.3 is 0 Å². The van der Waals surface area contributed by atoms with Crippen molar-refractivity contribution in [2.75, 3.05) is 27.4 Å². The molecule has 102 valence electrons. The maximum Gasteiger partial charge on any atom is 0.175 e. The van der Waals surface area contributed by atoms with Gasteiger partial charge in [0.2, 0.25) is 0 Å². The van der Waals surface area contributed by atoms with Crippen molar-refractivity contribution in [3.8, 4) is 0 Å². The summed E-state index contributed by atoms with van der Waals surface area (Å²) in [7, 11) is 3.00. The molecule has 17 heavy (non-hydrogen) atoms. The van der Waals surface area contributed by atoms with Gasteiger partial charge in [-0.05, 0) is 13.0 Å². The van der Waals surface area contributed by atoms with Gasteiger partial charge in [0.1, 0.15) is 18.3 Å². The molecule has 6 heteroatoms. The third kappa shape index (κ3) is 3.37. The van der Waals surface area contributed by atoms with Gasteiger partial charge in [-0.25, -0.2) is 0 Å². The Balaban J connectivity index is 2.72. The van der Waals surface area contributed by atoms with E-state index in [9.17, 15) is 10.2 Å². The van der Waals surface area contributed by atoms with E-state index in [0.29, 0.717) is 0 Å². The van der Waals surface area contributed by atoms with Crippen molar-refractivity contribution in [2.24, 2.45) is 0 Å². The number of hydrogen-bond donors (Lipinski definition) is 3. The summed E-state index contributed by atoms with van der Waals surface area (Å²) in [5.41, 5.74) is 0. The Morgan fingerprint density at radius 2 is 2.00 bits per heavy atom. The Labute approximate surface area is 102 Å². The van der Waals surface area contributed by atoms with Gasteiger partial charge < -0.3 is 29.7 Å². The van der Waals surface area contributed by atoms with E-state index in [2.05, 4.69) is 5.32 Å². The monoisotopic (exact) mass is 249 g/mol. The van der Waals surface area contributed by atoms with Gasteiger partial charge in [-0.3, -0.25) is 0 Å². The molecule has 0 bridgehead atoms. The SMILES string of the molecule is CCCNC1C(OC)OC(CO)C(OC)C1O. The van der Waals surface area contributed by atoms with E-state index in [1.54, 1.807) is 0 Å². The summed E-state index contributed by atoms with van der Waals surface area (Å²) in [4.78, 5) is 0. The van der Waals surface area contributed by atoms with Crippen molar-refractivity contribution in [1.29, 1.82) is 0 Å². The fourth-order valence-corrected chi connectivity index (χ4v) is 2.09. The first-order valence-electron chi connectivity index (χ1n) is 5.92. The Kier molecular flexibility index (Phi) is 6.32. The molecule has 5 unspecified atom stereocenters. The normalized spacial score (nSPS) is 38.3. The fourth-order valence-electron chi connectivity index (χ4n) is 2.09. The Morgan fingerprint density at radius 1 is 1.29 bits per heavy atom. The number of hydrogen-bond acceptors (Lipinski definition) is 6. The molecular weight excluding hydrogens is 226 g/mol. The lowest BCUT2D eigenvalue weighted by Gasteiger charge is -2.43. The van der Waals surface area contributed by atoms with Crippen LogP contribution in [0.1, 0.15) is 13.3 Å². The van der Waals surface area contributed by atoms with Crippen molar-refractivity contribution in [1.82, 2.24) is 5.32 Å². The molecule has 1 saturated heterocycles. The molecule has 0 aromatic carbocycles. The third-order valence-corrected chi connectivity index (χ3v) is 2.99. The molecule has 1 rings (SSSR count). The highest BCUT2D eigenvalue weighted by atomic mass is 16.7. The molecule has 1 heterocycles. The van der Waals surface area contributed by atoms with Crippen LogP contribution in [0.25, 0.3) is 0 Å². The molecule has 0 saturated carbocycles. The number of ether oxygens (including phenoxy) is 3. The van der Waals surface area contributed by atoms with E-state index < -0.39 is 24.6 Å². The van der Waals surface area contributed by atoms with Crippen LogP contribution in [-0.2, 0) is 14.2 Å². The van der Waals surface area contributed by atoms with Crippen LogP contribution in [0.4, 0.5) is 0 Å². The van der Waals surface area contributed by atoms with E-state index in [1.807, 2.05) is 6.92 Å². The van der Waals surface area contributed by atoms with Crippen LogP contribution in [0.3, 0.4) is 0 Å². The van der Waals surface area contributed by atoms with Gasteiger partial charge in [-0.2, -0.15) is 0 Å². The van der Waals surface area contributed by atoms with Crippen molar-refractivity contribution in [3.05, 3.63) is 0 Å². The van der Waals surface area contributed by atoms with Crippen LogP contribution in [0.2, 0.25) is 0 Å². The fraction of sp³-hybridized carbons (Fsp3) is 1.00. The smallest absolute Gasteiger partial charge is 0.175 e. The van der Waals surface area contributed by atoms with E-state index in [4.69, 9.17) is 14.2 Å². The molecule has 0 aromatic rings. The Morgan fingerprint density at radius 3 is 2.47 bits per heavy atom. The van der Waals surface area contributed by atoms with Crippen LogP contribution in [-0.4, -0.2) is 68.2 Å². The van der Waals surface area contributed by atoms with E-state index in [1.165, 1.54) is 14.2 Å². The van der Waals surface area contributed by atoms with Gasteiger partial charge in [0, 0.05) is 14.2 Å². The zero-order valence-corrected chi connectivity index (χ0v) is 10.6. The molecule has 0 spiro atoms. The largest absolute Gasteiger partial charge is 0.394 e. The van der Waals surface area contributed by atoms with Gasteiger partial charge in [-0.1, -0.05) is 6.92 Å². The van der Waals surface area contributed by atoms with Gasteiger partial charge in [-0.15, -0.1) is 0 Å². The Bertz CT molecular complexity index is 216. The molecule has 0 aromatic heterocycles. The van der Waals surface area contributed by atoms with E-state index in [-0.39, 0.29) is 12.6 Å². The molecule has 0 radical (unpaired) electrons. The molecule has 0 aliphatic carbocycles. The average Bonchev–Trinajstić information content (AvgIpc) is 2.36. The number of nitrogens with one attached hydrogen (secondary N) is 1. The maximum atomic E-state index is 10.2. The number of aliphatic hydroxyl groups is 2. The molecule has 3 N–H and O–H groups in total. The minimum absolute atomic E-state index is 0.212. The summed E-state index contributed by atoms with van der Waals surface area (Å²) in [6, 6.07) is -0.354. The topological polar surface area (TPSA) is 80.2 Å². The summed E-state index contributed by atoms with van der Waals surface area (Å²) in [6.45, 7) is 2.58. The van der Waals surface area contributed by atoms with Crippen molar-refractivity contribution in [2.45, 2.75) is 44.0 Å². The molecule has 1 aliphatic heterocycles. The second-order valence-corrected chi connectivity index (χ2v) is 4.13. The molecular formula is C11H23NO5. The summed E-state index contributed by atoms with van der Waals surface area (Å²) in [6.07, 6.45) is -1.54. The first-order valence-corrected chi connectivity index (χ1v) is 5.92. The predicted octanol–water partition coefficient (Wildman–Crippen LogP) is -0.906. The maximum absolute atomic E-state index is 10.2. The highest BCUT2D eigenvalue weighted by Crippen LogP contribution is 2.23.